The number of methoxy groups -OCH3 is 2. The molecule has 5 heterocycles. The molecule has 1 aliphatic carbocycles. The van der Waals surface area contributed by atoms with Crippen LogP contribution in [0, 0.1) is 5.41 Å². The number of nitrogens with one attached hydrogen (secondary N) is 3. The highest BCUT2D eigenvalue weighted by atomic mass is 31.2. The zero-order chi connectivity index (χ0) is 63.3. The lowest BCUT2D eigenvalue weighted by atomic mass is 9.75. The summed E-state index contributed by atoms with van der Waals surface area (Å²) in [6.07, 6.45) is -48.1. The number of carbonyl (C=O) groups is 6. The van der Waals surface area contributed by atoms with Crippen LogP contribution in [0.3, 0.4) is 0 Å². The number of carboxylic acid groups (broad SMARTS) is 2. The summed E-state index contributed by atoms with van der Waals surface area (Å²) >= 11 is 0. The molecule has 0 aromatic carbocycles. The standard InChI is InChI=1S/C46H73N4O34P/c1-13-31(78-43-30(62)27(59)28(60)33(80-43)37(63)50-20-15(53)7-8-16(20)54)25(57)22(49-14(2)52)41(75-13)79-32-18(10-73-42-29(61)26(58)23(55)17(9-51)76-42)77-40(21(24(32)56)48-12-71-5)81-34-35(83-45(47)68)46(3,4)36(39(66)67)82-44(34)84-85(69,70)74-11-19(72-6)38(64)65/h13,17-19,21-36,40-44,48,51,53,55-62H,7-12H2,1-6H3,(H2,47,68)(H,49,52)(H,50,63)(H,64,65)(H,66,67)(H,69,70). The van der Waals surface area contributed by atoms with Crippen LogP contribution in [0.25, 0.3) is 0 Å². The molecule has 26 atom stereocenters. The Kier molecular flexibility index (Phi) is 24.0. The third kappa shape index (κ3) is 16.1. The van der Waals surface area contributed by atoms with Gasteiger partial charge in [-0.05, 0) is 6.92 Å². The number of hydrogen-bond acceptors (Lipinski definition) is 32. The van der Waals surface area contributed by atoms with E-state index in [0.717, 1.165) is 14.0 Å². The van der Waals surface area contributed by atoms with E-state index in [-0.39, 0.29) is 12.8 Å². The summed E-state index contributed by atoms with van der Waals surface area (Å²) in [4.78, 5) is 86.3. The molecule has 6 rings (SSSR count). The zero-order valence-corrected chi connectivity index (χ0v) is 47.0. The maximum absolute atomic E-state index is 13.5. The van der Waals surface area contributed by atoms with Crippen molar-refractivity contribution in [1.29, 1.82) is 0 Å². The van der Waals surface area contributed by atoms with Crippen LogP contribution < -0.4 is 21.7 Å². The predicted octanol–water partition coefficient (Wildman–Crippen LogP) is -8.19. The van der Waals surface area contributed by atoms with Crippen molar-refractivity contribution in [1.82, 2.24) is 16.0 Å². The summed E-state index contributed by atoms with van der Waals surface area (Å²) in [7, 11) is -3.54. The Balaban J connectivity index is 1.36. The second-order valence-corrected chi connectivity index (χ2v) is 22.3. The number of ether oxygens (including phenoxy) is 12. The Labute approximate surface area is 481 Å². The minimum atomic E-state index is -5.64. The molecule has 38 nitrogen and oxygen atoms in total. The number of Topliss-reactive ketones (excluding diaryl/α,β-unsaturated/α-hetero) is 1. The Hall–Kier alpha value is -4.37. The number of carbonyl (C=O) groups excluding carboxylic acids is 4. The minimum absolute atomic E-state index is 0.109. The smallest absolute Gasteiger partial charge is 0.474 e. The third-order valence-electron chi connectivity index (χ3n) is 14.6. The van der Waals surface area contributed by atoms with E-state index in [1.807, 2.05) is 0 Å². The van der Waals surface area contributed by atoms with Gasteiger partial charge in [0.1, 0.15) is 103 Å². The molecular formula is C46H73N4O34P. The number of carboxylic acids is 2. The molecule has 0 aromatic rings. The molecule has 39 heteroatoms. The van der Waals surface area contributed by atoms with E-state index < -0.39 is 240 Å². The van der Waals surface area contributed by atoms with Crippen LogP contribution in [0.1, 0.15) is 40.5 Å². The molecular weight excluding hydrogens is 1180 g/mol. The van der Waals surface area contributed by atoms with Crippen LogP contribution in [0.15, 0.2) is 11.5 Å². The first-order valence-electron chi connectivity index (χ1n) is 26.0. The summed E-state index contributed by atoms with van der Waals surface area (Å²) < 4.78 is 92.5. The maximum atomic E-state index is 13.5. The highest BCUT2D eigenvalue weighted by Crippen LogP contribution is 2.50. The number of ketones is 1. The summed E-state index contributed by atoms with van der Waals surface area (Å²) in [6, 6.07) is -3.58. The first-order valence-corrected chi connectivity index (χ1v) is 27.5. The number of hydrogen-bond donors (Lipinski definition) is 17. The Morgan fingerprint density at radius 2 is 1.35 bits per heavy atom. The Morgan fingerprint density at radius 3 is 1.93 bits per heavy atom. The van der Waals surface area contributed by atoms with Crippen LogP contribution in [-0.4, -0.2) is 296 Å². The van der Waals surface area contributed by atoms with Crippen LogP contribution in [0.4, 0.5) is 4.79 Å². The van der Waals surface area contributed by atoms with E-state index in [1.165, 1.54) is 27.9 Å². The number of primary amides is 1. The number of aliphatic carboxylic acids is 2. The second-order valence-electron chi connectivity index (χ2n) is 20.9. The van der Waals surface area contributed by atoms with Crippen molar-refractivity contribution in [3.63, 3.8) is 0 Å². The molecule has 0 aromatic heterocycles. The molecule has 0 bridgehead atoms. The van der Waals surface area contributed by atoms with Gasteiger partial charge in [0.05, 0.1) is 38.7 Å². The number of phosphoric ester groups is 1. The van der Waals surface area contributed by atoms with Crippen molar-refractivity contribution < 1.29 is 165 Å². The number of aliphatic hydroxyl groups excluding tert-OH is 10. The highest BCUT2D eigenvalue weighted by molar-refractivity contribution is 7.47. The van der Waals surface area contributed by atoms with Gasteiger partial charge in [-0.2, -0.15) is 0 Å². The van der Waals surface area contributed by atoms with Gasteiger partial charge in [-0.25, -0.2) is 18.9 Å². The zero-order valence-electron chi connectivity index (χ0n) is 46.1. The van der Waals surface area contributed by atoms with Crippen molar-refractivity contribution in [3.05, 3.63) is 11.5 Å². The number of rotatable bonds is 25. The van der Waals surface area contributed by atoms with Gasteiger partial charge in [0.15, 0.2) is 55.5 Å². The number of nitrogens with two attached hydrogens (primary N) is 1. The molecule has 486 valence electrons. The van der Waals surface area contributed by atoms with Crippen molar-refractivity contribution in [2.24, 2.45) is 11.1 Å². The number of amides is 3. The van der Waals surface area contributed by atoms with E-state index in [0.29, 0.717) is 0 Å². The lowest BCUT2D eigenvalue weighted by molar-refractivity contribution is -0.373. The SMILES string of the molecule is COCNC1C(OC2C(OP(=O)(O)OCC(OC)C(=O)O)OC(C(=O)O)C(C)(C)C2OC(N)=O)OC(COC2OC(CO)C(O)C(O)C2O)C(OC2OC(C)C(OC3OC(C(=O)NC4=C(O)CCC4=O)C(O)C(O)C3O)C(O)C2NC(C)=O)C1O. The highest BCUT2D eigenvalue weighted by Gasteiger charge is 2.61. The molecule has 5 fully saturated rings. The lowest BCUT2D eigenvalue weighted by Crippen LogP contribution is -2.71. The van der Waals surface area contributed by atoms with Gasteiger partial charge >= 0.3 is 25.9 Å². The first kappa shape index (κ1) is 69.7. The van der Waals surface area contributed by atoms with Gasteiger partial charge in [0.2, 0.25) is 5.91 Å². The predicted molar refractivity (Wildman–Crippen MR) is 264 cm³/mol. The molecule has 0 spiro atoms. The van der Waals surface area contributed by atoms with E-state index in [4.69, 9.17) is 71.6 Å². The molecule has 6 aliphatic rings. The monoisotopic (exact) mass is 1260 g/mol. The van der Waals surface area contributed by atoms with E-state index in [1.54, 1.807) is 0 Å². The number of aliphatic hydroxyl groups is 10. The molecule has 5 saturated heterocycles. The fraction of sp³-hybridized carbons (Fsp3) is 0.826. The van der Waals surface area contributed by atoms with Crippen LogP contribution >= 0.6 is 7.82 Å². The van der Waals surface area contributed by atoms with E-state index in [2.05, 4.69) is 16.0 Å². The van der Waals surface area contributed by atoms with E-state index >= 15 is 0 Å². The van der Waals surface area contributed by atoms with Crippen LogP contribution in [0.2, 0.25) is 0 Å². The molecule has 26 unspecified atom stereocenters. The molecule has 0 saturated carbocycles. The molecule has 18 N–H and O–H groups in total. The van der Waals surface area contributed by atoms with Gasteiger partial charge < -0.3 is 139 Å². The normalized spacial score (nSPS) is 40.6. The summed E-state index contributed by atoms with van der Waals surface area (Å²) in [5.74, 6) is -6.71. The fourth-order valence-corrected chi connectivity index (χ4v) is 10.9. The molecule has 3 amide bonds. The molecule has 5 aliphatic heterocycles. The van der Waals surface area contributed by atoms with Gasteiger partial charge in [-0.3, -0.25) is 28.7 Å². The van der Waals surface area contributed by atoms with Crippen LogP contribution in [-0.2, 0) is 94.4 Å². The number of allylic oxidation sites excluding steroid dienone is 2. The minimum Gasteiger partial charge on any atom is -0.510 e. The summed E-state index contributed by atoms with van der Waals surface area (Å²) in [5.41, 5.74) is 2.98. The third-order valence-corrected chi connectivity index (χ3v) is 15.5. The van der Waals surface area contributed by atoms with Crippen molar-refractivity contribution in [2.75, 3.05) is 40.8 Å². The summed E-state index contributed by atoms with van der Waals surface area (Å²) in [5, 5.41) is 136. The largest absolute Gasteiger partial charge is 0.510 e. The molecule has 85 heavy (non-hydrogen) atoms. The van der Waals surface area contributed by atoms with Gasteiger partial charge in [-0.1, -0.05) is 13.8 Å². The Bertz CT molecular complexity index is 2430. The van der Waals surface area contributed by atoms with Crippen molar-refractivity contribution in [2.45, 2.75) is 194 Å². The maximum Gasteiger partial charge on any atom is 0.474 e. The average molecular weight is 1260 g/mol. The van der Waals surface area contributed by atoms with Crippen molar-refractivity contribution >= 4 is 43.5 Å². The van der Waals surface area contributed by atoms with Gasteiger partial charge in [0, 0.05) is 39.4 Å². The Morgan fingerprint density at radius 1 is 0.753 bits per heavy atom. The fourth-order valence-electron chi connectivity index (χ4n) is 10.1. The second kappa shape index (κ2) is 29.3. The summed E-state index contributed by atoms with van der Waals surface area (Å²) in [6.45, 7) is 1.01. The van der Waals surface area contributed by atoms with Gasteiger partial charge in [0.25, 0.3) is 5.91 Å². The lowest BCUT2D eigenvalue weighted by Gasteiger charge is -2.52. The number of phosphoric acid groups is 1. The quantitative estimate of drug-likeness (QED) is 0.0298. The van der Waals surface area contributed by atoms with Crippen LogP contribution in [0.5, 0.6) is 0 Å². The van der Waals surface area contributed by atoms with Gasteiger partial charge in [-0.15, -0.1) is 0 Å². The van der Waals surface area contributed by atoms with E-state index in [9.17, 15) is 99.5 Å². The average Bonchev–Trinajstić information content (AvgIpc) is 2.06. The van der Waals surface area contributed by atoms with Crippen molar-refractivity contribution in [3.8, 4) is 0 Å². The molecule has 0 radical (unpaired) electrons. The topological polar surface area (TPSA) is 574 Å². The first-order chi connectivity index (χ1) is 39.8.